The van der Waals surface area contributed by atoms with Gasteiger partial charge in [-0.2, -0.15) is 0 Å². The van der Waals surface area contributed by atoms with Gasteiger partial charge in [-0.05, 0) is 47.4 Å². The molecule has 3 aromatic rings. The Labute approximate surface area is 211 Å². The van der Waals surface area contributed by atoms with Crippen LogP contribution in [0.2, 0.25) is 0 Å². The molecule has 2 atom stereocenters. The van der Waals surface area contributed by atoms with Crippen molar-refractivity contribution >= 4 is 17.5 Å². The van der Waals surface area contributed by atoms with Gasteiger partial charge in [0, 0.05) is 19.5 Å². The van der Waals surface area contributed by atoms with Gasteiger partial charge in [0.15, 0.2) is 11.5 Å². The smallest absolute Gasteiger partial charge is 0.228 e. The number of nitrogens with zero attached hydrogens (tertiary/aromatic N) is 2. The summed E-state index contributed by atoms with van der Waals surface area (Å²) < 4.78 is 16.6. The largest absolute Gasteiger partial charge is 0.495 e. The van der Waals surface area contributed by atoms with Crippen LogP contribution in [0.25, 0.3) is 0 Å². The molecule has 0 N–H and O–H groups in total. The zero-order valence-corrected chi connectivity index (χ0v) is 20.8. The first-order valence-electron chi connectivity index (χ1n) is 12.1. The van der Waals surface area contributed by atoms with E-state index in [1.807, 2.05) is 71.6 Å². The Bertz CT molecular complexity index is 1280. The third kappa shape index (κ3) is 4.15. The van der Waals surface area contributed by atoms with Crippen molar-refractivity contribution < 1.29 is 23.8 Å². The predicted octanol–water partition coefficient (Wildman–Crippen LogP) is 4.24. The molecule has 186 valence electrons. The molecule has 3 aromatic carbocycles. The predicted molar refractivity (Wildman–Crippen MR) is 137 cm³/mol. The number of para-hydroxylation sites is 2. The molecule has 0 bridgehead atoms. The maximum absolute atomic E-state index is 14.0. The highest BCUT2D eigenvalue weighted by atomic mass is 16.5. The SMILES string of the molecule is COc1cc2c(cc1OC)[C@@H](c1ccccc1)N(C(=O)[C@H]1CC(=O)N(c3ccccc3OC)C1)CC2. The van der Waals surface area contributed by atoms with Gasteiger partial charge in [-0.3, -0.25) is 9.59 Å². The molecule has 0 spiro atoms. The average Bonchev–Trinajstić information content (AvgIpc) is 3.32. The van der Waals surface area contributed by atoms with E-state index in [2.05, 4.69) is 0 Å². The fourth-order valence-electron chi connectivity index (χ4n) is 5.37. The number of amides is 2. The fourth-order valence-corrected chi connectivity index (χ4v) is 5.37. The van der Waals surface area contributed by atoms with Gasteiger partial charge in [-0.1, -0.05) is 42.5 Å². The number of carbonyl (C=O) groups excluding carboxylic acids is 2. The summed E-state index contributed by atoms with van der Waals surface area (Å²) in [7, 11) is 4.83. The van der Waals surface area contributed by atoms with Crippen LogP contribution in [0.15, 0.2) is 66.7 Å². The molecule has 2 aliphatic rings. The molecule has 0 radical (unpaired) electrons. The van der Waals surface area contributed by atoms with E-state index in [4.69, 9.17) is 14.2 Å². The molecule has 0 aliphatic carbocycles. The van der Waals surface area contributed by atoms with Crippen LogP contribution in [0.3, 0.4) is 0 Å². The quantitative estimate of drug-likeness (QED) is 0.521. The van der Waals surface area contributed by atoms with Gasteiger partial charge in [-0.15, -0.1) is 0 Å². The van der Waals surface area contributed by atoms with Crippen LogP contribution >= 0.6 is 0 Å². The normalized spacial score (nSPS) is 19.1. The number of hydrogen-bond acceptors (Lipinski definition) is 5. The zero-order valence-electron chi connectivity index (χ0n) is 20.8. The number of carbonyl (C=O) groups is 2. The van der Waals surface area contributed by atoms with E-state index in [0.717, 1.165) is 16.7 Å². The zero-order chi connectivity index (χ0) is 25.2. The number of anilines is 1. The molecule has 7 heteroatoms. The third-order valence-electron chi connectivity index (χ3n) is 7.12. The Morgan fingerprint density at radius 3 is 2.25 bits per heavy atom. The van der Waals surface area contributed by atoms with E-state index in [0.29, 0.717) is 42.4 Å². The first-order chi connectivity index (χ1) is 17.5. The summed E-state index contributed by atoms with van der Waals surface area (Å²) in [6.07, 6.45) is 0.870. The molecule has 1 fully saturated rings. The molecule has 2 heterocycles. The first kappa shape index (κ1) is 23.7. The van der Waals surface area contributed by atoms with E-state index in [-0.39, 0.29) is 24.3 Å². The van der Waals surface area contributed by atoms with Crippen molar-refractivity contribution in [1.82, 2.24) is 4.90 Å². The fraction of sp³-hybridized carbons (Fsp3) is 0.310. The summed E-state index contributed by atoms with van der Waals surface area (Å²) >= 11 is 0. The summed E-state index contributed by atoms with van der Waals surface area (Å²) in [5, 5.41) is 0. The second-order valence-electron chi connectivity index (χ2n) is 9.08. The maximum Gasteiger partial charge on any atom is 0.228 e. The van der Waals surface area contributed by atoms with Crippen molar-refractivity contribution in [2.45, 2.75) is 18.9 Å². The Morgan fingerprint density at radius 1 is 0.861 bits per heavy atom. The Balaban J connectivity index is 1.49. The molecule has 36 heavy (non-hydrogen) atoms. The van der Waals surface area contributed by atoms with Crippen LogP contribution in [-0.2, 0) is 16.0 Å². The van der Waals surface area contributed by atoms with Crippen molar-refractivity contribution in [2.75, 3.05) is 39.3 Å². The molecule has 0 saturated carbocycles. The molecule has 0 unspecified atom stereocenters. The van der Waals surface area contributed by atoms with Gasteiger partial charge >= 0.3 is 0 Å². The lowest BCUT2D eigenvalue weighted by Crippen LogP contribution is -2.44. The molecule has 7 nitrogen and oxygen atoms in total. The van der Waals surface area contributed by atoms with Crippen LogP contribution in [0.5, 0.6) is 17.2 Å². The van der Waals surface area contributed by atoms with E-state index in [9.17, 15) is 9.59 Å². The summed E-state index contributed by atoms with van der Waals surface area (Å²) in [5.74, 6) is 1.40. The monoisotopic (exact) mass is 486 g/mol. The number of hydrogen-bond donors (Lipinski definition) is 0. The van der Waals surface area contributed by atoms with E-state index in [1.54, 1.807) is 26.2 Å². The van der Waals surface area contributed by atoms with Crippen molar-refractivity contribution in [1.29, 1.82) is 0 Å². The van der Waals surface area contributed by atoms with Crippen LogP contribution in [-0.4, -0.2) is 51.1 Å². The van der Waals surface area contributed by atoms with Crippen LogP contribution in [0, 0.1) is 5.92 Å². The van der Waals surface area contributed by atoms with Gasteiger partial charge in [0.05, 0.1) is 39.0 Å². The highest BCUT2D eigenvalue weighted by Crippen LogP contribution is 2.42. The number of rotatable bonds is 6. The van der Waals surface area contributed by atoms with Gasteiger partial charge in [0.1, 0.15) is 5.75 Å². The van der Waals surface area contributed by atoms with Crippen molar-refractivity contribution in [2.24, 2.45) is 5.92 Å². The summed E-state index contributed by atoms with van der Waals surface area (Å²) in [6.45, 7) is 0.884. The lowest BCUT2D eigenvalue weighted by Gasteiger charge is -2.39. The van der Waals surface area contributed by atoms with Gasteiger partial charge in [-0.25, -0.2) is 0 Å². The third-order valence-corrected chi connectivity index (χ3v) is 7.12. The van der Waals surface area contributed by atoms with Crippen LogP contribution in [0.1, 0.15) is 29.2 Å². The van der Waals surface area contributed by atoms with Crippen LogP contribution in [0.4, 0.5) is 5.69 Å². The molecular weight excluding hydrogens is 456 g/mol. The standard InChI is InChI=1S/C29H30N2O5/c1-34-24-12-8-7-11-23(24)31-18-21(16-27(31)32)29(33)30-14-13-20-15-25(35-2)26(36-3)17-22(20)28(30)19-9-5-4-6-10-19/h4-12,15,17,21,28H,13-14,16,18H2,1-3H3/t21-,28+/m0/s1. The average molecular weight is 487 g/mol. The highest BCUT2D eigenvalue weighted by molar-refractivity contribution is 6.01. The number of methoxy groups -OCH3 is 3. The van der Waals surface area contributed by atoms with Crippen molar-refractivity contribution in [3.05, 3.63) is 83.4 Å². The lowest BCUT2D eigenvalue weighted by molar-refractivity contribution is -0.137. The highest BCUT2D eigenvalue weighted by Gasteiger charge is 2.42. The molecule has 2 aliphatic heterocycles. The van der Waals surface area contributed by atoms with Crippen molar-refractivity contribution in [3.63, 3.8) is 0 Å². The summed E-state index contributed by atoms with van der Waals surface area (Å²) in [4.78, 5) is 30.6. The molecule has 0 aromatic heterocycles. The van der Waals surface area contributed by atoms with Gasteiger partial charge < -0.3 is 24.0 Å². The second-order valence-corrected chi connectivity index (χ2v) is 9.08. The summed E-state index contributed by atoms with van der Waals surface area (Å²) in [6, 6.07) is 21.1. The summed E-state index contributed by atoms with van der Waals surface area (Å²) in [5.41, 5.74) is 3.86. The Hall–Kier alpha value is -4.00. The topological polar surface area (TPSA) is 68.3 Å². The van der Waals surface area contributed by atoms with Crippen LogP contribution < -0.4 is 19.1 Å². The minimum absolute atomic E-state index is 0.0185. The molecule has 1 saturated heterocycles. The van der Waals surface area contributed by atoms with Gasteiger partial charge in [0.2, 0.25) is 11.8 Å². The lowest BCUT2D eigenvalue weighted by atomic mass is 9.86. The second kappa shape index (κ2) is 9.93. The van der Waals surface area contributed by atoms with E-state index in [1.165, 1.54) is 0 Å². The maximum atomic E-state index is 14.0. The minimum atomic E-state index is -0.435. The minimum Gasteiger partial charge on any atom is -0.495 e. The Kier molecular flexibility index (Phi) is 6.55. The Morgan fingerprint density at radius 2 is 1.53 bits per heavy atom. The number of fused-ring (bicyclic) bond motifs is 1. The number of ether oxygens (including phenoxy) is 3. The molecular formula is C29H30N2O5. The first-order valence-corrected chi connectivity index (χ1v) is 12.1. The van der Waals surface area contributed by atoms with E-state index < -0.39 is 5.92 Å². The van der Waals surface area contributed by atoms with Crippen molar-refractivity contribution in [3.8, 4) is 17.2 Å². The number of benzene rings is 3. The van der Waals surface area contributed by atoms with E-state index >= 15 is 0 Å². The molecule has 5 rings (SSSR count). The van der Waals surface area contributed by atoms with Gasteiger partial charge in [0.25, 0.3) is 0 Å². The molecule has 2 amide bonds.